The van der Waals surface area contributed by atoms with E-state index < -0.39 is 0 Å². The zero-order valence-electron chi connectivity index (χ0n) is 7.70. The molecule has 1 saturated carbocycles. The van der Waals surface area contributed by atoms with Gasteiger partial charge >= 0.3 is 0 Å². The van der Waals surface area contributed by atoms with E-state index in [0.717, 1.165) is 23.5 Å². The lowest BCUT2D eigenvalue weighted by atomic mass is 9.92. The molecule has 1 N–H and O–H groups in total. The first-order valence-electron chi connectivity index (χ1n) is 4.89. The molecule has 1 atom stereocenters. The molecule has 1 aliphatic carbocycles. The van der Waals surface area contributed by atoms with Crippen LogP contribution in [0, 0.1) is 23.2 Å². The molecule has 2 aliphatic rings. The van der Waals surface area contributed by atoms with Gasteiger partial charge in [0.15, 0.2) is 5.82 Å². The van der Waals surface area contributed by atoms with E-state index in [9.17, 15) is 0 Å². The normalized spacial score (nSPS) is 25.1. The number of aromatic amines is 1. The molecule has 0 bridgehead atoms. The maximum absolute atomic E-state index is 9.04. The molecule has 70 valence electrons. The van der Waals surface area contributed by atoms with Gasteiger partial charge in [-0.1, -0.05) is 0 Å². The molecular formula is C10H10N4. The summed E-state index contributed by atoms with van der Waals surface area (Å²) in [6.45, 7) is 0. The van der Waals surface area contributed by atoms with Crippen molar-refractivity contribution in [3.63, 3.8) is 0 Å². The van der Waals surface area contributed by atoms with Gasteiger partial charge in [0.2, 0.25) is 0 Å². The number of aromatic nitrogens is 2. The monoisotopic (exact) mass is 186 g/mol. The highest BCUT2D eigenvalue weighted by Crippen LogP contribution is 2.38. The highest BCUT2D eigenvalue weighted by molar-refractivity contribution is 5.96. The van der Waals surface area contributed by atoms with Crippen molar-refractivity contribution in [2.45, 2.75) is 19.3 Å². The Hall–Kier alpha value is -1.63. The lowest BCUT2D eigenvalue weighted by Crippen LogP contribution is -2.20. The summed E-state index contributed by atoms with van der Waals surface area (Å²) in [5.41, 5.74) is 2.14. The van der Waals surface area contributed by atoms with Crippen molar-refractivity contribution in [3.05, 3.63) is 11.8 Å². The van der Waals surface area contributed by atoms with Crippen molar-refractivity contribution in [1.82, 2.24) is 10.2 Å². The minimum absolute atomic E-state index is 0.0207. The largest absolute Gasteiger partial charge is 0.261 e. The summed E-state index contributed by atoms with van der Waals surface area (Å²) < 4.78 is 0. The molecule has 1 unspecified atom stereocenters. The fourth-order valence-corrected chi connectivity index (χ4v) is 1.95. The number of nitriles is 1. The number of rotatable bonds is 1. The first-order chi connectivity index (χ1) is 6.88. The number of hydrogen-bond acceptors (Lipinski definition) is 3. The molecule has 4 heteroatoms. The summed E-state index contributed by atoms with van der Waals surface area (Å²) in [7, 11) is 0. The predicted octanol–water partition coefficient (Wildman–Crippen LogP) is 1.59. The fourth-order valence-electron chi connectivity index (χ4n) is 1.95. The van der Waals surface area contributed by atoms with Gasteiger partial charge in [0.1, 0.15) is 0 Å². The topological polar surface area (TPSA) is 64.8 Å². The van der Waals surface area contributed by atoms with Gasteiger partial charge in [0, 0.05) is 11.3 Å². The first kappa shape index (κ1) is 7.74. The average molecular weight is 186 g/mol. The summed E-state index contributed by atoms with van der Waals surface area (Å²) in [5, 5.41) is 15.9. The maximum atomic E-state index is 9.04. The van der Waals surface area contributed by atoms with Crippen molar-refractivity contribution >= 4 is 11.5 Å². The smallest absolute Gasteiger partial charge is 0.150 e. The Labute approximate surface area is 81.7 Å². The van der Waals surface area contributed by atoms with Crippen LogP contribution >= 0.6 is 0 Å². The Morgan fingerprint density at radius 1 is 1.50 bits per heavy atom. The number of hydrogen-bond donors (Lipinski definition) is 1. The first-order valence-corrected chi connectivity index (χ1v) is 4.89. The van der Waals surface area contributed by atoms with Crippen molar-refractivity contribution in [3.8, 4) is 6.07 Å². The van der Waals surface area contributed by atoms with E-state index in [0.29, 0.717) is 5.92 Å². The molecule has 1 aromatic heterocycles. The number of H-pyrrole nitrogens is 1. The number of fused-ring (bicyclic) bond motifs is 1. The molecule has 1 fully saturated rings. The van der Waals surface area contributed by atoms with Crippen LogP contribution in [0.3, 0.4) is 0 Å². The summed E-state index contributed by atoms with van der Waals surface area (Å²) in [6, 6.07) is 2.33. The molecule has 14 heavy (non-hydrogen) atoms. The van der Waals surface area contributed by atoms with Crippen LogP contribution in [0.4, 0.5) is 5.82 Å². The van der Waals surface area contributed by atoms with E-state index in [-0.39, 0.29) is 5.92 Å². The van der Waals surface area contributed by atoms with Crippen molar-refractivity contribution < 1.29 is 0 Å². The van der Waals surface area contributed by atoms with Gasteiger partial charge in [0.05, 0.1) is 18.2 Å². The summed E-state index contributed by atoms with van der Waals surface area (Å²) >= 11 is 0. The second kappa shape index (κ2) is 2.68. The molecule has 0 saturated heterocycles. The van der Waals surface area contributed by atoms with E-state index in [1.165, 1.54) is 12.8 Å². The maximum Gasteiger partial charge on any atom is 0.150 e. The number of nitrogens with one attached hydrogen (secondary N) is 1. The predicted molar refractivity (Wildman–Crippen MR) is 51.2 cm³/mol. The average Bonchev–Trinajstić information content (AvgIpc) is 2.95. The Morgan fingerprint density at radius 3 is 3.07 bits per heavy atom. The van der Waals surface area contributed by atoms with E-state index in [1.54, 1.807) is 6.20 Å². The lowest BCUT2D eigenvalue weighted by Gasteiger charge is -2.16. The number of nitrogens with zero attached hydrogens (tertiary/aromatic N) is 3. The zero-order chi connectivity index (χ0) is 9.54. The molecule has 1 aromatic rings. The van der Waals surface area contributed by atoms with Gasteiger partial charge in [0.25, 0.3) is 0 Å². The summed E-state index contributed by atoms with van der Waals surface area (Å²) in [6.07, 6.45) is 4.94. The van der Waals surface area contributed by atoms with Gasteiger partial charge < -0.3 is 0 Å². The van der Waals surface area contributed by atoms with Crippen molar-refractivity contribution in [2.75, 3.05) is 0 Å². The molecular weight excluding hydrogens is 176 g/mol. The van der Waals surface area contributed by atoms with Crippen LogP contribution in [0.2, 0.25) is 0 Å². The van der Waals surface area contributed by atoms with E-state index in [4.69, 9.17) is 5.26 Å². The highest BCUT2D eigenvalue weighted by atomic mass is 15.2. The Bertz CT molecular complexity index is 433. The van der Waals surface area contributed by atoms with Gasteiger partial charge in [-0.25, -0.2) is 4.99 Å². The SMILES string of the molecule is N#CC1Cc2cn[nH]c2N=C1C1CC1. The third kappa shape index (κ3) is 1.06. The molecule has 0 spiro atoms. The molecule has 0 amide bonds. The Balaban J connectivity index is 2.04. The third-order valence-electron chi connectivity index (χ3n) is 2.87. The lowest BCUT2D eigenvalue weighted by molar-refractivity contribution is 0.811. The van der Waals surface area contributed by atoms with Gasteiger partial charge in [-0.15, -0.1) is 0 Å². The fraction of sp³-hybridized carbons (Fsp3) is 0.500. The van der Waals surface area contributed by atoms with Crippen LogP contribution in [0.5, 0.6) is 0 Å². The molecule has 1 aliphatic heterocycles. The van der Waals surface area contributed by atoms with E-state index >= 15 is 0 Å². The molecule has 3 rings (SSSR count). The van der Waals surface area contributed by atoms with Gasteiger partial charge in [-0.2, -0.15) is 10.4 Å². The molecule has 4 nitrogen and oxygen atoms in total. The second-order valence-electron chi connectivity index (χ2n) is 3.94. The van der Waals surface area contributed by atoms with Crippen LogP contribution in [0.25, 0.3) is 0 Å². The quantitative estimate of drug-likeness (QED) is 0.723. The Kier molecular flexibility index (Phi) is 1.48. The molecule has 0 aromatic carbocycles. The minimum atomic E-state index is -0.0207. The third-order valence-corrected chi connectivity index (χ3v) is 2.87. The standard InChI is InChI=1S/C10H10N4/c11-4-7-3-8-5-12-14-10(8)13-9(7)6-1-2-6/h5-7H,1-3H2,(H,12,14). The van der Waals surface area contributed by atoms with E-state index in [2.05, 4.69) is 21.3 Å². The van der Waals surface area contributed by atoms with Gasteiger partial charge in [-0.3, -0.25) is 5.10 Å². The second-order valence-corrected chi connectivity index (χ2v) is 3.94. The van der Waals surface area contributed by atoms with Crippen molar-refractivity contribution in [2.24, 2.45) is 16.8 Å². The number of aliphatic imine (C=N–C) groups is 1. The summed E-state index contributed by atoms with van der Waals surface area (Å²) in [4.78, 5) is 4.50. The van der Waals surface area contributed by atoms with Crippen LogP contribution in [-0.4, -0.2) is 15.9 Å². The Morgan fingerprint density at radius 2 is 2.36 bits per heavy atom. The molecule has 2 heterocycles. The van der Waals surface area contributed by atoms with Crippen molar-refractivity contribution in [1.29, 1.82) is 5.26 Å². The van der Waals surface area contributed by atoms with Crippen LogP contribution in [0.1, 0.15) is 18.4 Å². The molecule has 0 radical (unpaired) electrons. The van der Waals surface area contributed by atoms with Crippen LogP contribution < -0.4 is 0 Å². The zero-order valence-corrected chi connectivity index (χ0v) is 7.70. The van der Waals surface area contributed by atoms with E-state index in [1.807, 2.05) is 0 Å². The summed E-state index contributed by atoms with van der Waals surface area (Å²) in [5.74, 6) is 1.40. The minimum Gasteiger partial charge on any atom is -0.261 e. The van der Waals surface area contributed by atoms with Gasteiger partial charge in [-0.05, 0) is 25.2 Å². The van der Waals surface area contributed by atoms with Crippen LogP contribution in [-0.2, 0) is 6.42 Å². The highest BCUT2D eigenvalue weighted by Gasteiger charge is 2.35. The van der Waals surface area contributed by atoms with Crippen LogP contribution in [0.15, 0.2) is 11.2 Å².